The molecule has 4 heteroatoms. The van der Waals surface area contributed by atoms with Gasteiger partial charge >= 0.3 is 0 Å². The Bertz CT molecular complexity index is 189. The van der Waals surface area contributed by atoms with Gasteiger partial charge in [0.2, 0.25) is 0 Å². The van der Waals surface area contributed by atoms with E-state index in [-0.39, 0.29) is 9.93 Å². The molecule has 0 bridgehead atoms. The summed E-state index contributed by atoms with van der Waals surface area (Å²) in [5.74, 6) is 1.99. The minimum atomic E-state index is -0.0601. The van der Waals surface area contributed by atoms with Gasteiger partial charge in [-0.25, -0.2) is 0 Å². The van der Waals surface area contributed by atoms with Crippen LogP contribution in [-0.2, 0) is 0 Å². The molecule has 1 unspecified atom stereocenters. The fraction of sp³-hybridized carbons (Fsp3) is 1.00. The molecule has 0 aliphatic carbocycles. The highest BCUT2D eigenvalue weighted by Crippen LogP contribution is 2.27. The Morgan fingerprint density at radius 1 is 1.38 bits per heavy atom. The molecular weight excluding hydrogens is 236 g/mol. The van der Waals surface area contributed by atoms with Crippen LogP contribution >= 0.6 is 21.6 Å². The number of likely N-dealkylation sites (tertiary alicyclic amines) is 1. The molecule has 0 spiro atoms. The summed E-state index contributed by atoms with van der Waals surface area (Å²) in [6.45, 7) is 8.37. The molecule has 0 radical (unpaired) electrons. The van der Waals surface area contributed by atoms with Crippen molar-refractivity contribution in [2.75, 3.05) is 38.8 Å². The molecule has 2 nitrogen and oxygen atoms in total. The molecule has 98 valence electrons. The zero-order valence-electron chi connectivity index (χ0n) is 11.2. The van der Waals surface area contributed by atoms with Crippen LogP contribution in [0.25, 0.3) is 0 Å². The van der Waals surface area contributed by atoms with E-state index in [2.05, 4.69) is 48.6 Å². The molecule has 16 heavy (non-hydrogen) atoms. The van der Waals surface area contributed by atoms with Crippen LogP contribution in [0.15, 0.2) is 0 Å². The largest absolute Gasteiger partial charge is 0.303 e. The van der Waals surface area contributed by atoms with Gasteiger partial charge in [-0.3, -0.25) is 4.90 Å². The Hall–Kier alpha value is 0.620. The van der Waals surface area contributed by atoms with Crippen molar-refractivity contribution in [3.05, 3.63) is 0 Å². The van der Waals surface area contributed by atoms with Gasteiger partial charge < -0.3 is 4.90 Å². The van der Waals surface area contributed by atoms with Gasteiger partial charge in [0, 0.05) is 31.6 Å². The number of rotatable bonds is 5. The van der Waals surface area contributed by atoms with Crippen molar-refractivity contribution >= 4 is 21.6 Å². The minimum Gasteiger partial charge on any atom is -0.303 e. The standard InChI is InChI=1S/C12H28N2S2/c1-11(2)9-13(3)12-5-7-14(8-6-12)10-16(4)15/h11-12,15-16H,5-10H2,1-4H3. The number of hydrogen-bond donors (Lipinski definition) is 2. The van der Waals surface area contributed by atoms with Gasteiger partial charge in [0.1, 0.15) is 0 Å². The highest BCUT2D eigenvalue weighted by molar-refractivity contribution is 8.77. The van der Waals surface area contributed by atoms with Crippen molar-refractivity contribution in [3.8, 4) is 0 Å². The second kappa shape index (κ2) is 7.14. The van der Waals surface area contributed by atoms with E-state index in [1.807, 2.05) is 0 Å². The minimum absolute atomic E-state index is 0.0601. The second-order valence-corrected chi connectivity index (χ2v) is 9.13. The lowest BCUT2D eigenvalue weighted by molar-refractivity contribution is 0.131. The summed E-state index contributed by atoms with van der Waals surface area (Å²) in [5.41, 5.74) is 0. The van der Waals surface area contributed by atoms with Crippen LogP contribution in [0.3, 0.4) is 0 Å². The zero-order valence-corrected chi connectivity index (χ0v) is 13.0. The number of nitrogens with zero attached hydrogens (tertiary/aromatic N) is 2. The van der Waals surface area contributed by atoms with Gasteiger partial charge in [-0.2, -0.15) is 9.93 Å². The Morgan fingerprint density at radius 3 is 2.38 bits per heavy atom. The van der Waals surface area contributed by atoms with E-state index in [0.717, 1.165) is 12.0 Å². The quantitative estimate of drug-likeness (QED) is 0.582. The molecule has 0 aromatic heterocycles. The summed E-state index contributed by atoms with van der Waals surface area (Å²) in [4.78, 5) is 5.13. The van der Waals surface area contributed by atoms with E-state index in [4.69, 9.17) is 0 Å². The van der Waals surface area contributed by atoms with Gasteiger partial charge in [0.15, 0.2) is 0 Å². The van der Waals surface area contributed by atoms with Crippen molar-refractivity contribution in [2.45, 2.75) is 32.7 Å². The van der Waals surface area contributed by atoms with Crippen LogP contribution in [0.4, 0.5) is 0 Å². The summed E-state index contributed by atoms with van der Waals surface area (Å²) in [7, 11) is 2.22. The maximum absolute atomic E-state index is 4.53. The Morgan fingerprint density at radius 2 is 1.94 bits per heavy atom. The highest BCUT2D eigenvalue weighted by atomic mass is 33.1. The van der Waals surface area contributed by atoms with Gasteiger partial charge in [0.05, 0.1) is 0 Å². The van der Waals surface area contributed by atoms with Crippen LogP contribution < -0.4 is 0 Å². The van der Waals surface area contributed by atoms with Crippen molar-refractivity contribution < 1.29 is 0 Å². The van der Waals surface area contributed by atoms with Gasteiger partial charge in [-0.05, 0) is 32.1 Å². The van der Waals surface area contributed by atoms with E-state index < -0.39 is 0 Å². The summed E-state index contributed by atoms with van der Waals surface area (Å²) >= 11 is 4.53. The summed E-state index contributed by atoms with van der Waals surface area (Å²) in [6.07, 6.45) is 4.91. The fourth-order valence-corrected chi connectivity index (χ4v) is 3.91. The van der Waals surface area contributed by atoms with E-state index in [9.17, 15) is 0 Å². The van der Waals surface area contributed by atoms with Crippen molar-refractivity contribution in [1.29, 1.82) is 0 Å². The van der Waals surface area contributed by atoms with Crippen LogP contribution in [0.1, 0.15) is 26.7 Å². The fourth-order valence-electron chi connectivity index (χ4n) is 2.52. The third-order valence-corrected chi connectivity index (χ3v) is 4.43. The normalized spacial score (nSPS) is 23.1. The molecule has 0 saturated carbocycles. The number of thiol groups is 2. The second-order valence-electron chi connectivity index (χ2n) is 5.48. The first-order valence-electron chi connectivity index (χ1n) is 6.31. The SMILES string of the molecule is CC(C)CN(C)C1CCN(C[SH](C)S)CC1. The summed E-state index contributed by atoms with van der Waals surface area (Å²) in [5, 5.41) is 0. The molecule has 1 atom stereocenters. The maximum atomic E-state index is 4.53. The molecule has 1 saturated heterocycles. The molecule has 1 aliphatic rings. The molecule has 1 fully saturated rings. The Balaban J connectivity index is 2.25. The van der Waals surface area contributed by atoms with Crippen molar-refractivity contribution in [1.82, 2.24) is 9.80 Å². The van der Waals surface area contributed by atoms with E-state index in [1.54, 1.807) is 0 Å². The van der Waals surface area contributed by atoms with Gasteiger partial charge in [0.25, 0.3) is 0 Å². The van der Waals surface area contributed by atoms with Gasteiger partial charge in [-0.1, -0.05) is 13.8 Å². The van der Waals surface area contributed by atoms with E-state index >= 15 is 0 Å². The molecule has 1 aliphatic heterocycles. The predicted octanol–water partition coefficient (Wildman–Crippen LogP) is 2.47. The molecule has 0 amide bonds. The smallest absolute Gasteiger partial charge is 0.0342 e. The first kappa shape index (κ1) is 14.7. The van der Waals surface area contributed by atoms with Crippen molar-refractivity contribution in [3.63, 3.8) is 0 Å². The van der Waals surface area contributed by atoms with E-state index in [1.165, 1.54) is 38.4 Å². The lowest BCUT2D eigenvalue weighted by atomic mass is 10.0. The van der Waals surface area contributed by atoms with Crippen LogP contribution in [0.5, 0.6) is 0 Å². The molecule has 0 aromatic rings. The first-order chi connectivity index (χ1) is 7.49. The van der Waals surface area contributed by atoms with Crippen LogP contribution in [-0.4, -0.2) is 54.7 Å². The molecule has 1 heterocycles. The number of piperidine rings is 1. The van der Waals surface area contributed by atoms with E-state index in [0.29, 0.717) is 0 Å². The highest BCUT2D eigenvalue weighted by Gasteiger charge is 2.22. The van der Waals surface area contributed by atoms with Gasteiger partial charge in [-0.15, -0.1) is 11.7 Å². The average molecular weight is 265 g/mol. The molecule has 0 N–H and O–H groups in total. The van der Waals surface area contributed by atoms with Crippen LogP contribution in [0, 0.1) is 5.92 Å². The topological polar surface area (TPSA) is 6.48 Å². The monoisotopic (exact) mass is 264 g/mol. The van der Waals surface area contributed by atoms with Crippen LogP contribution in [0.2, 0.25) is 0 Å². The molecule has 0 aromatic carbocycles. The first-order valence-corrected chi connectivity index (χ1v) is 9.44. The lowest BCUT2D eigenvalue weighted by Gasteiger charge is -2.38. The third-order valence-electron chi connectivity index (χ3n) is 3.24. The predicted molar refractivity (Wildman–Crippen MR) is 80.8 cm³/mol. The maximum Gasteiger partial charge on any atom is 0.0342 e. The number of hydrogen-bond acceptors (Lipinski definition) is 3. The zero-order chi connectivity index (χ0) is 12.1. The molecule has 1 rings (SSSR count). The summed E-state index contributed by atoms with van der Waals surface area (Å²) in [6, 6.07) is 0.807. The summed E-state index contributed by atoms with van der Waals surface area (Å²) < 4.78 is 0. The molecular formula is C12H28N2S2. The Kier molecular flexibility index (Phi) is 6.55. The third kappa shape index (κ3) is 5.30. The average Bonchev–Trinajstić information content (AvgIpc) is 2.16. The Labute approximate surface area is 109 Å². The lowest BCUT2D eigenvalue weighted by Crippen LogP contribution is -2.44. The van der Waals surface area contributed by atoms with Crippen molar-refractivity contribution in [2.24, 2.45) is 5.92 Å².